The van der Waals surface area contributed by atoms with Crippen molar-refractivity contribution in [2.24, 2.45) is 5.10 Å². The Hall–Kier alpha value is -3.39. The zero-order valence-electron chi connectivity index (χ0n) is 20.8. The monoisotopic (exact) mass is 480 g/mol. The minimum absolute atomic E-state index is 0.361. The number of aryl methyl sites for hydroxylation is 5. The summed E-state index contributed by atoms with van der Waals surface area (Å²) in [7, 11) is -3.65. The third kappa shape index (κ3) is 5.75. The van der Waals surface area contributed by atoms with Gasteiger partial charge in [0.05, 0.1) is 18.2 Å². The molecular formula is C26H32N4O3S. The number of anilines is 1. The normalized spacial score (nSPS) is 11.7. The Morgan fingerprint density at radius 3 is 2.21 bits per heavy atom. The minimum atomic E-state index is -3.65. The molecule has 0 aliphatic rings. The molecule has 0 unspecified atom stereocenters. The van der Waals surface area contributed by atoms with Gasteiger partial charge in [-0.05, 0) is 94.1 Å². The predicted octanol–water partition coefficient (Wildman–Crippen LogP) is 4.24. The number of hydrogen-bond acceptors (Lipinski definition) is 4. The third-order valence-corrected chi connectivity index (χ3v) is 6.93. The molecule has 0 atom stereocenters. The lowest BCUT2D eigenvalue weighted by Crippen LogP contribution is -2.39. The van der Waals surface area contributed by atoms with Crippen LogP contribution in [0.5, 0.6) is 0 Å². The fourth-order valence-corrected chi connectivity index (χ4v) is 4.86. The van der Waals surface area contributed by atoms with Crippen LogP contribution < -0.4 is 9.73 Å². The molecule has 1 aromatic heterocycles. The van der Waals surface area contributed by atoms with Crippen LogP contribution in [0, 0.1) is 41.5 Å². The Morgan fingerprint density at radius 2 is 1.62 bits per heavy atom. The number of carbonyl (C=O) groups is 1. The van der Waals surface area contributed by atoms with Crippen molar-refractivity contribution in [3.05, 3.63) is 81.7 Å². The van der Waals surface area contributed by atoms with E-state index in [-0.39, 0.29) is 6.54 Å². The fraction of sp³-hybridized carbons (Fsp3) is 0.308. The lowest BCUT2D eigenvalue weighted by Gasteiger charge is -2.22. The summed E-state index contributed by atoms with van der Waals surface area (Å²) in [6, 6.07) is 13.7. The molecule has 3 aromatic rings. The van der Waals surface area contributed by atoms with Crippen LogP contribution in [-0.2, 0) is 14.8 Å². The van der Waals surface area contributed by atoms with E-state index in [0.29, 0.717) is 5.69 Å². The van der Waals surface area contributed by atoms with Crippen molar-refractivity contribution in [2.45, 2.75) is 41.5 Å². The second-order valence-electron chi connectivity index (χ2n) is 8.84. The van der Waals surface area contributed by atoms with E-state index in [9.17, 15) is 13.2 Å². The first-order valence-corrected chi connectivity index (χ1v) is 12.9. The first kappa shape index (κ1) is 25.2. The molecule has 34 heavy (non-hydrogen) atoms. The molecule has 180 valence electrons. The van der Waals surface area contributed by atoms with Crippen LogP contribution in [0.15, 0.2) is 47.6 Å². The molecule has 0 fully saturated rings. The number of benzene rings is 2. The zero-order chi connectivity index (χ0) is 25.2. The van der Waals surface area contributed by atoms with Gasteiger partial charge in [-0.1, -0.05) is 12.1 Å². The van der Waals surface area contributed by atoms with Crippen LogP contribution in [0.2, 0.25) is 0 Å². The van der Waals surface area contributed by atoms with Gasteiger partial charge in [0.1, 0.15) is 6.54 Å². The van der Waals surface area contributed by atoms with Crippen LogP contribution in [0.3, 0.4) is 0 Å². The molecule has 0 spiro atoms. The first-order chi connectivity index (χ1) is 15.9. The summed E-state index contributed by atoms with van der Waals surface area (Å²) < 4.78 is 27.9. The Morgan fingerprint density at radius 1 is 0.971 bits per heavy atom. The van der Waals surface area contributed by atoms with E-state index in [4.69, 9.17) is 0 Å². The largest absolute Gasteiger partial charge is 0.318 e. The summed E-state index contributed by atoms with van der Waals surface area (Å²) in [5.74, 6) is -0.525. The van der Waals surface area contributed by atoms with Gasteiger partial charge in [0.15, 0.2) is 0 Å². The number of hydrogen-bond donors (Lipinski definition) is 1. The first-order valence-electron chi connectivity index (χ1n) is 11.0. The highest BCUT2D eigenvalue weighted by Gasteiger charge is 2.21. The van der Waals surface area contributed by atoms with Gasteiger partial charge in [0.2, 0.25) is 10.0 Å². The quantitative estimate of drug-likeness (QED) is 0.405. The van der Waals surface area contributed by atoms with Gasteiger partial charge in [-0.15, -0.1) is 0 Å². The highest BCUT2D eigenvalue weighted by Crippen LogP contribution is 2.22. The molecule has 0 aliphatic carbocycles. The van der Waals surface area contributed by atoms with Crippen molar-refractivity contribution < 1.29 is 13.2 Å². The van der Waals surface area contributed by atoms with Crippen LogP contribution >= 0.6 is 0 Å². The number of nitrogens with zero attached hydrogens (tertiary/aromatic N) is 3. The smallest absolute Gasteiger partial charge is 0.260 e. The number of amides is 1. The van der Waals surface area contributed by atoms with Crippen molar-refractivity contribution in [1.82, 2.24) is 9.99 Å². The number of hydrazone groups is 1. The minimum Gasteiger partial charge on any atom is -0.318 e. The van der Waals surface area contributed by atoms with Gasteiger partial charge in [0.25, 0.3) is 5.91 Å². The predicted molar refractivity (Wildman–Crippen MR) is 139 cm³/mol. The maximum Gasteiger partial charge on any atom is 0.260 e. The van der Waals surface area contributed by atoms with E-state index in [0.717, 1.165) is 44.3 Å². The van der Waals surface area contributed by atoms with Crippen LogP contribution in [0.4, 0.5) is 5.69 Å². The molecule has 2 aromatic carbocycles. The Balaban J connectivity index is 1.77. The molecule has 0 saturated carbocycles. The highest BCUT2D eigenvalue weighted by atomic mass is 32.2. The van der Waals surface area contributed by atoms with Crippen molar-refractivity contribution in [2.75, 3.05) is 17.1 Å². The van der Waals surface area contributed by atoms with E-state index in [1.54, 1.807) is 18.3 Å². The Labute approximate surface area is 202 Å². The molecule has 1 N–H and O–H groups in total. The maximum atomic E-state index is 12.5. The second kappa shape index (κ2) is 9.85. The Bertz CT molecular complexity index is 1350. The average Bonchev–Trinajstić information content (AvgIpc) is 3.00. The molecule has 1 heterocycles. The summed E-state index contributed by atoms with van der Waals surface area (Å²) in [6.45, 7) is 11.6. The van der Waals surface area contributed by atoms with Crippen molar-refractivity contribution in [3.8, 4) is 5.69 Å². The summed E-state index contributed by atoms with van der Waals surface area (Å²) in [5.41, 5.74) is 11.3. The van der Waals surface area contributed by atoms with Gasteiger partial charge in [-0.3, -0.25) is 9.10 Å². The number of rotatable bonds is 7. The average molecular weight is 481 g/mol. The van der Waals surface area contributed by atoms with Gasteiger partial charge < -0.3 is 4.57 Å². The van der Waals surface area contributed by atoms with E-state index in [1.807, 2.05) is 39.8 Å². The van der Waals surface area contributed by atoms with E-state index < -0.39 is 15.9 Å². The molecule has 1 amide bonds. The van der Waals surface area contributed by atoms with E-state index in [2.05, 4.69) is 47.1 Å². The Kier molecular flexibility index (Phi) is 7.31. The lowest BCUT2D eigenvalue weighted by atomic mass is 10.1. The van der Waals surface area contributed by atoms with E-state index in [1.165, 1.54) is 11.1 Å². The molecular weight excluding hydrogens is 448 g/mol. The number of carbonyl (C=O) groups excluding carboxylic acids is 1. The fourth-order valence-electron chi connectivity index (χ4n) is 4.02. The van der Waals surface area contributed by atoms with Gasteiger partial charge in [-0.25, -0.2) is 13.8 Å². The molecule has 0 bridgehead atoms. The van der Waals surface area contributed by atoms with Crippen molar-refractivity contribution in [1.29, 1.82) is 0 Å². The number of sulfonamides is 1. The highest BCUT2D eigenvalue weighted by molar-refractivity contribution is 7.92. The van der Waals surface area contributed by atoms with Crippen LogP contribution in [-0.4, -0.2) is 37.9 Å². The number of aromatic nitrogens is 1. The topological polar surface area (TPSA) is 83.8 Å². The third-order valence-electron chi connectivity index (χ3n) is 5.79. The van der Waals surface area contributed by atoms with Gasteiger partial charge >= 0.3 is 0 Å². The summed E-state index contributed by atoms with van der Waals surface area (Å²) in [4.78, 5) is 12.5. The van der Waals surface area contributed by atoms with Crippen LogP contribution in [0.25, 0.3) is 5.69 Å². The molecule has 7 nitrogen and oxygen atoms in total. The molecule has 0 aliphatic heterocycles. The summed E-state index contributed by atoms with van der Waals surface area (Å²) in [5, 5.41) is 4.09. The number of nitrogens with one attached hydrogen (secondary N) is 1. The lowest BCUT2D eigenvalue weighted by molar-refractivity contribution is -0.119. The SMILES string of the molecule is Cc1cc(C)cc(-n2c(C)cc(/C=N\NC(=O)CN(c3ccc(C)c(C)c3)S(C)(=O)=O)c2C)c1. The van der Waals surface area contributed by atoms with E-state index >= 15 is 0 Å². The maximum absolute atomic E-state index is 12.5. The van der Waals surface area contributed by atoms with Gasteiger partial charge in [-0.2, -0.15) is 5.10 Å². The van der Waals surface area contributed by atoms with Crippen molar-refractivity contribution >= 4 is 27.8 Å². The van der Waals surface area contributed by atoms with Crippen LogP contribution in [0.1, 0.15) is 39.2 Å². The molecule has 8 heteroatoms. The summed E-state index contributed by atoms with van der Waals surface area (Å²) in [6.07, 6.45) is 2.67. The molecule has 0 saturated heterocycles. The zero-order valence-corrected chi connectivity index (χ0v) is 21.6. The summed E-state index contributed by atoms with van der Waals surface area (Å²) >= 11 is 0. The van der Waals surface area contributed by atoms with Crippen molar-refractivity contribution in [3.63, 3.8) is 0 Å². The van der Waals surface area contributed by atoms with Gasteiger partial charge in [0, 0.05) is 22.6 Å². The second-order valence-corrected chi connectivity index (χ2v) is 10.7. The molecule has 3 rings (SSSR count). The molecule has 0 radical (unpaired) electrons. The standard InChI is InChI=1S/C26H32N4O3S/c1-17-10-18(2)12-25(11-17)30-21(5)14-23(22(30)6)15-27-28-26(31)16-29(34(7,32)33)24-9-8-19(3)20(4)13-24/h8-15H,16H2,1-7H3,(H,28,31)/b27-15-.